The van der Waals surface area contributed by atoms with Crippen molar-refractivity contribution in [1.82, 2.24) is 9.47 Å². The summed E-state index contributed by atoms with van der Waals surface area (Å²) in [7, 11) is 1.66. The van der Waals surface area contributed by atoms with Gasteiger partial charge in [-0.2, -0.15) is 0 Å². The minimum Gasteiger partial charge on any atom is -0.340 e. The molecule has 21 heavy (non-hydrogen) atoms. The Bertz CT molecular complexity index is 540. The van der Waals surface area contributed by atoms with Crippen LogP contribution in [0.3, 0.4) is 0 Å². The van der Waals surface area contributed by atoms with Crippen molar-refractivity contribution in [1.29, 1.82) is 0 Å². The SMILES string of the molecule is CCN(C(=O)c1cc([N+](=O)[O-])cn1C)C1CCCC1CN. The molecule has 1 aliphatic carbocycles. The molecule has 1 aromatic heterocycles. The summed E-state index contributed by atoms with van der Waals surface area (Å²) in [6, 6.07) is 1.48. The average Bonchev–Trinajstić information content (AvgIpc) is 3.06. The van der Waals surface area contributed by atoms with Gasteiger partial charge in [-0.3, -0.25) is 14.9 Å². The molecule has 1 aromatic rings. The van der Waals surface area contributed by atoms with E-state index in [2.05, 4.69) is 0 Å². The molecule has 2 atom stereocenters. The van der Waals surface area contributed by atoms with E-state index in [4.69, 9.17) is 5.73 Å². The van der Waals surface area contributed by atoms with Gasteiger partial charge in [-0.25, -0.2) is 0 Å². The number of amides is 1. The van der Waals surface area contributed by atoms with E-state index in [1.807, 2.05) is 11.8 Å². The van der Waals surface area contributed by atoms with Crippen molar-refractivity contribution in [3.63, 3.8) is 0 Å². The van der Waals surface area contributed by atoms with Crippen LogP contribution in [0.5, 0.6) is 0 Å². The van der Waals surface area contributed by atoms with E-state index in [0.717, 1.165) is 19.3 Å². The summed E-state index contributed by atoms with van der Waals surface area (Å²) < 4.78 is 1.52. The number of nitrogens with zero attached hydrogens (tertiary/aromatic N) is 3. The van der Waals surface area contributed by atoms with E-state index < -0.39 is 4.92 Å². The normalized spacial score (nSPS) is 21.5. The summed E-state index contributed by atoms with van der Waals surface area (Å²) in [5.74, 6) is 0.169. The second-order valence-corrected chi connectivity index (χ2v) is 5.54. The maximum Gasteiger partial charge on any atom is 0.287 e. The molecule has 1 saturated carbocycles. The van der Waals surface area contributed by atoms with Crippen LogP contribution in [0.25, 0.3) is 0 Å². The Morgan fingerprint density at radius 2 is 2.29 bits per heavy atom. The first-order valence-corrected chi connectivity index (χ1v) is 7.31. The summed E-state index contributed by atoms with van der Waals surface area (Å²) in [5.41, 5.74) is 6.09. The molecule has 1 heterocycles. The molecule has 7 nitrogen and oxygen atoms in total. The van der Waals surface area contributed by atoms with Gasteiger partial charge < -0.3 is 15.2 Å². The molecule has 2 rings (SSSR count). The van der Waals surface area contributed by atoms with Crippen LogP contribution in [0.15, 0.2) is 12.3 Å². The van der Waals surface area contributed by atoms with E-state index in [9.17, 15) is 14.9 Å². The van der Waals surface area contributed by atoms with E-state index in [1.165, 1.54) is 16.8 Å². The van der Waals surface area contributed by atoms with Crippen LogP contribution in [0.4, 0.5) is 5.69 Å². The smallest absolute Gasteiger partial charge is 0.287 e. The summed E-state index contributed by atoms with van der Waals surface area (Å²) in [4.78, 5) is 24.9. The largest absolute Gasteiger partial charge is 0.340 e. The lowest BCUT2D eigenvalue weighted by Crippen LogP contribution is -2.44. The number of carbonyl (C=O) groups is 1. The zero-order valence-electron chi connectivity index (χ0n) is 12.5. The van der Waals surface area contributed by atoms with Crippen LogP contribution in [-0.4, -0.2) is 39.4 Å². The minimum atomic E-state index is -0.481. The molecule has 0 bridgehead atoms. The van der Waals surface area contributed by atoms with Gasteiger partial charge in [0.15, 0.2) is 0 Å². The van der Waals surface area contributed by atoms with Gasteiger partial charge >= 0.3 is 0 Å². The molecule has 7 heteroatoms. The highest BCUT2D eigenvalue weighted by Crippen LogP contribution is 2.30. The summed E-state index contributed by atoms with van der Waals surface area (Å²) >= 11 is 0. The molecule has 2 N–H and O–H groups in total. The summed E-state index contributed by atoms with van der Waals surface area (Å²) in [6.07, 6.45) is 4.44. The molecule has 0 saturated heterocycles. The Morgan fingerprint density at radius 3 is 2.81 bits per heavy atom. The summed E-state index contributed by atoms with van der Waals surface area (Å²) in [6.45, 7) is 3.09. The van der Waals surface area contributed by atoms with Gasteiger partial charge in [-0.15, -0.1) is 0 Å². The van der Waals surface area contributed by atoms with Crippen LogP contribution in [0.1, 0.15) is 36.7 Å². The van der Waals surface area contributed by atoms with E-state index in [0.29, 0.717) is 24.7 Å². The highest BCUT2D eigenvalue weighted by Gasteiger charge is 2.34. The molecule has 0 radical (unpaired) electrons. The summed E-state index contributed by atoms with van der Waals surface area (Å²) in [5, 5.41) is 10.8. The van der Waals surface area contributed by atoms with E-state index >= 15 is 0 Å². The molecule has 0 aromatic carbocycles. The topological polar surface area (TPSA) is 94.4 Å². The molecule has 2 unspecified atom stereocenters. The number of hydrogen-bond acceptors (Lipinski definition) is 4. The van der Waals surface area contributed by atoms with E-state index in [-0.39, 0.29) is 17.6 Å². The number of aromatic nitrogens is 1. The number of nitrogens with two attached hydrogens (primary N) is 1. The lowest BCUT2D eigenvalue weighted by molar-refractivity contribution is -0.384. The van der Waals surface area contributed by atoms with Gasteiger partial charge in [0.1, 0.15) is 5.69 Å². The van der Waals surface area contributed by atoms with Crippen LogP contribution in [0, 0.1) is 16.0 Å². The fourth-order valence-electron chi connectivity index (χ4n) is 3.24. The number of carbonyl (C=O) groups excluding carboxylic acids is 1. The van der Waals surface area contributed by atoms with Crippen LogP contribution < -0.4 is 5.73 Å². The van der Waals surface area contributed by atoms with Gasteiger partial charge in [0.05, 0.1) is 11.1 Å². The van der Waals surface area contributed by atoms with Crippen molar-refractivity contribution < 1.29 is 9.72 Å². The molecule has 116 valence electrons. The lowest BCUT2D eigenvalue weighted by Gasteiger charge is -2.31. The maximum absolute atomic E-state index is 12.7. The van der Waals surface area contributed by atoms with Gasteiger partial charge in [0.25, 0.3) is 11.6 Å². The molecule has 1 amide bonds. The fraction of sp³-hybridized carbons (Fsp3) is 0.643. The molecular formula is C14H22N4O3. The minimum absolute atomic E-state index is 0.0568. The quantitative estimate of drug-likeness (QED) is 0.658. The second kappa shape index (κ2) is 6.26. The predicted octanol–water partition coefficient (Wildman–Crippen LogP) is 1.52. The Kier molecular flexibility index (Phi) is 4.62. The van der Waals surface area contributed by atoms with Gasteiger partial charge in [-0.1, -0.05) is 6.42 Å². The number of hydrogen-bond donors (Lipinski definition) is 1. The second-order valence-electron chi connectivity index (χ2n) is 5.54. The lowest BCUT2D eigenvalue weighted by atomic mass is 10.0. The molecule has 0 spiro atoms. The molecular weight excluding hydrogens is 272 g/mol. The van der Waals surface area contributed by atoms with Crippen molar-refractivity contribution in [3.05, 3.63) is 28.1 Å². The van der Waals surface area contributed by atoms with E-state index in [1.54, 1.807) is 7.05 Å². The highest BCUT2D eigenvalue weighted by molar-refractivity contribution is 5.93. The third-order valence-electron chi connectivity index (χ3n) is 4.34. The maximum atomic E-state index is 12.7. The Morgan fingerprint density at radius 1 is 1.57 bits per heavy atom. The van der Waals surface area contributed by atoms with Crippen molar-refractivity contribution in [2.75, 3.05) is 13.1 Å². The third kappa shape index (κ3) is 2.92. The van der Waals surface area contributed by atoms with Crippen LogP contribution in [-0.2, 0) is 7.05 Å². The van der Waals surface area contributed by atoms with Crippen molar-refractivity contribution >= 4 is 11.6 Å². The Balaban J connectivity index is 2.26. The number of aryl methyl sites for hydroxylation is 1. The monoisotopic (exact) mass is 294 g/mol. The Labute approximate surface area is 123 Å². The standard InChI is InChI=1S/C14H22N4O3/c1-3-17(12-6-4-5-10(12)8-15)14(19)13-7-11(18(20)21)9-16(13)2/h7,9-10,12H,3-6,8,15H2,1-2H3. The van der Waals surface area contributed by atoms with Crippen molar-refractivity contribution in [3.8, 4) is 0 Å². The highest BCUT2D eigenvalue weighted by atomic mass is 16.6. The first-order valence-electron chi connectivity index (χ1n) is 7.31. The van der Waals surface area contributed by atoms with Gasteiger partial charge in [0.2, 0.25) is 0 Å². The Hall–Kier alpha value is -1.89. The molecule has 0 aliphatic heterocycles. The zero-order valence-corrected chi connectivity index (χ0v) is 12.5. The number of nitro groups is 1. The van der Waals surface area contributed by atoms with Crippen molar-refractivity contribution in [2.45, 2.75) is 32.2 Å². The average molecular weight is 294 g/mol. The first kappa shape index (κ1) is 15.5. The van der Waals surface area contributed by atoms with Crippen LogP contribution in [0.2, 0.25) is 0 Å². The van der Waals surface area contributed by atoms with Crippen molar-refractivity contribution in [2.24, 2.45) is 18.7 Å². The van der Waals surface area contributed by atoms with Gasteiger partial charge in [0, 0.05) is 25.7 Å². The third-order valence-corrected chi connectivity index (χ3v) is 4.34. The van der Waals surface area contributed by atoms with Crippen LogP contribution >= 0.6 is 0 Å². The molecule has 1 aliphatic rings. The fourth-order valence-corrected chi connectivity index (χ4v) is 3.24. The predicted molar refractivity (Wildman–Crippen MR) is 79.0 cm³/mol. The number of rotatable bonds is 5. The zero-order chi connectivity index (χ0) is 15.6. The van der Waals surface area contributed by atoms with Gasteiger partial charge in [-0.05, 0) is 32.2 Å². The first-order chi connectivity index (χ1) is 9.99. The molecule has 1 fully saturated rings.